The van der Waals surface area contributed by atoms with E-state index in [0.717, 1.165) is 22.8 Å². The van der Waals surface area contributed by atoms with Crippen molar-refractivity contribution >= 4 is 34.6 Å². The fourth-order valence-electron chi connectivity index (χ4n) is 2.52. The Labute approximate surface area is 164 Å². The topological polar surface area (TPSA) is 88.2 Å². The van der Waals surface area contributed by atoms with Gasteiger partial charge in [-0.15, -0.1) is 0 Å². The molecule has 7 heteroatoms. The largest absolute Gasteiger partial charge is 0.491 e. The van der Waals surface area contributed by atoms with Crippen molar-refractivity contribution in [1.82, 2.24) is 9.97 Å². The molecule has 0 saturated carbocycles. The minimum atomic E-state index is -0.101. The number of hydrogen-bond acceptors (Lipinski definition) is 6. The van der Waals surface area contributed by atoms with E-state index < -0.39 is 0 Å². The second-order valence-electron chi connectivity index (χ2n) is 6.49. The number of rotatable bonds is 7. The van der Waals surface area contributed by atoms with Gasteiger partial charge in [-0.3, -0.25) is 4.79 Å². The first-order valence-electron chi connectivity index (χ1n) is 8.98. The third-order valence-electron chi connectivity index (χ3n) is 3.64. The number of anilines is 5. The molecule has 28 heavy (non-hydrogen) atoms. The molecule has 0 unspecified atom stereocenters. The Hall–Kier alpha value is -3.61. The first kappa shape index (κ1) is 19.2. The molecule has 3 aromatic rings. The minimum Gasteiger partial charge on any atom is -0.491 e. The van der Waals surface area contributed by atoms with Crippen LogP contribution in [0.3, 0.4) is 0 Å². The molecular weight excluding hydrogens is 354 g/mol. The van der Waals surface area contributed by atoms with Crippen molar-refractivity contribution in [2.24, 2.45) is 0 Å². The number of aromatic nitrogens is 2. The van der Waals surface area contributed by atoms with Crippen molar-refractivity contribution in [1.29, 1.82) is 0 Å². The van der Waals surface area contributed by atoms with Crippen molar-refractivity contribution in [3.63, 3.8) is 0 Å². The summed E-state index contributed by atoms with van der Waals surface area (Å²) in [5, 5.41) is 9.20. The molecule has 7 nitrogen and oxygen atoms in total. The predicted octanol–water partition coefficient (Wildman–Crippen LogP) is 4.71. The molecule has 0 aliphatic carbocycles. The number of nitrogens with one attached hydrogen (secondary N) is 3. The molecule has 3 N–H and O–H groups in total. The van der Waals surface area contributed by atoms with Crippen LogP contribution >= 0.6 is 0 Å². The van der Waals surface area contributed by atoms with Gasteiger partial charge in [-0.25, -0.2) is 9.97 Å². The van der Waals surface area contributed by atoms with Crippen LogP contribution in [0.25, 0.3) is 0 Å². The lowest BCUT2D eigenvalue weighted by molar-refractivity contribution is -0.114. The van der Waals surface area contributed by atoms with Gasteiger partial charge in [0.25, 0.3) is 0 Å². The van der Waals surface area contributed by atoms with Crippen molar-refractivity contribution in [3.05, 3.63) is 60.9 Å². The van der Waals surface area contributed by atoms with Crippen LogP contribution in [-0.2, 0) is 4.79 Å². The van der Waals surface area contributed by atoms with E-state index in [4.69, 9.17) is 4.74 Å². The van der Waals surface area contributed by atoms with Crippen LogP contribution in [0, 0.1) is 0 Å². The zero-order chi connectivity index (χ0) is 19.9. The van der Waals surface area contributed by atoms with E-state index in [0.29, 0.717) is 11.6 Å². The van der Waals surface area contributed by atoms with Crippen LogP contribution in [0.4, 0.5) is 28.7 Å². The van der Waals surface area contributed by atoms with Crippen molar-refractivity contribution in [3.8, 4) is 5.75 Å². The molecule has 1 heterocycles. The summed E-state index contributed by atoms with van der Waals surface area (Å²) in [5.41, 5.74) is 2.50. The van der Waals surface area contributed by atoms with Crippen molar-refractivity contribution in [2.45, 2.75) is 26.9 Å². The highest BCUT2D eigenvalue weighted by Gasteiger charge is 2.03. The quantitative estimate of drug-likeness (QED) is 0.553. The molecule has 1 aromatic heterocycles. The molecule has 2 aromatic carbocycles. The summed E-state index contributed by atoms with van der Waals surface area (Å²) in [5.74, 6) is 2.05. The first-order valence-corrected chi connectivity index (χ1v) is 8.98. The molecule has 1 amide bonds. The number of carbonyl (C=O) groups is 1. The SMILES string of the molecule is CC(=O)Nc1ccc(Nc2cc(Nc3ccc(OC(C)C)cc3)ncn2)cc1. The van der Waals surface area contributed by atoms with Gasteiger partial charge in [-0.2, -0.15) is 0 Å². The Morgan fingerprint density at radius 2 is 1.36 bits per heavy atom. The molecular formula is C21H23N5O2. The van der Waals surface area contributed by atoms with Crippen LogP contribution < -0.4 is 20.7 Å². The average Bonchev–Trinajstić information content (AvgIpc) is 2.64. The Morgan fingerprint density at radius 1 is 0.857 bits per heavy atom. The summed E-state index contributed by atoms with van der Waals surface area (Å²) in [4.78, 5) is 19.6. The molecule has 0 radical (unpaired) electrons. The molecule has 0 bridgehead atoms. The van der Waals surface area contributed by atoms with Crippen molar-refractivity contribution in [2.75, 3.05) is 16.0 Å². The molecule has 0 saturated heterocycles. The highest BCUT2D eigenvalue weighted by atomic mass is 16.5. The lowest BCUT2D eigenvalue weighted by atomic mass is 10.2. The van der Waals surface area contributed by atoms with Gasteiger partial charge in [-0.1, -0.05) is 0 Å². The molecule has 144 valence electrons. The van der Waals surface area contributed by atoms with Crippen LogP contribution in [0.15, 0.2) is 60.9 Å². The third-order valence-corrected chi connectivity index (χ3v) is 3.64. The molecule has 0 spiro atoms. The van der Waals surface area contributed by atoms with Gasteiger partial charge in [0.15, 0.2) is 0 Å². The van der Waals surface area contributed by atoms with Crippen molar-refractivity contribution < 1.29 is 9.53 Å². The van der Waals surface area contributed by atoms with Crippen LogP contribution in [0.2, 0.25) is 0 Å². The highest BCUT2D eigenvalue weighted by Crippen LogP contribution is 2.22. The van der Waals surface area contributed by atoms with Crippen LogP contribution in [0.5, 0.6) is 5.75 Å². The third kappa shape index (κ3) is 5.70. The van der Waals surface area contributed by atoms with E-state index in [-0.39, 0.29) is 12.0 Å². The molecule has 0 aliphatic rings. The lowest BCUT2D eigenvalue weighted by Crippen LogP contribution is -2.05. The molecule has 0 atom stereocenters. The number of nitrogens with zero attached hydrogens (tertiary/aromatic N) is 2. The number of ether oxygens (including phenoxy) is 1. The predicted molar refractivity (Wildman–Crippen MR) is 112 cm³/mol. The highest BCUT2D eigenvalue weighted by molar-refractivity contribution is 5.88. The Morgan fingerprint density at radius 3 is 1.86 bits per heavy atom. The standard InChI is InChI=1S/C21H23N5O2/c1-14(2)28-19-10-8-18(9-11-19)26-21-12-20(22-13-23-21)25-17-6-4-16(5-7-17)24-15(3)27/h4-14H,1-3H3,(H,24,27)(H2,22,23,25,26). The summed E-state index contributed by atoms with van der Waals surface area (Å²) in [6, 6.07) is 16.9. The monoisotopic (exact) mass is 377 g/mol. The van der Waals surface area contributed by atoms with Gasteiger partial charge in [0, 0.05) is 30.1 Å². The van der Waals surface area contributed by atoms with Crippen LogP contribution in [-0.4, -0.2) is 22.0 Å². The number of carbonyl (C=O) groups excluding carboxylic acids is 1. The zero-order valence-electron chi connectivity index (χ0n) is 16.1. The van der Waals surface area contributed by atoms with Gasteiger partial charge in [0.1, 0.15) is 23.7 Å². The van der Waals surface area contributed by atoms with Gasteiger partial charge in [-0.05, 0) is 62.4 Å². The molecule has 0 fully saturated rings. The maximum Gasteiger partial charge on any atom is 0.221 e. The number of hydrogen-bond donors (Lipinski definition) is 3. The van der Waals surface area contributed by atoms with Gasteiger partial charge >= 0.3 is 0 Å². The van der Waals surface area contributed by atoms with Gasteiger partial charge < -0.3 is 20.7 Å². The maximum atomic E-state index is 11.1. The second-order valence-corrected chi connectivity index (χ2v) is 6.49. The fraction of sp³-hybridized carbons (Fsp3) is 0.190. The van der Waals surface area contributed by atoms with E-state index in [1.807, 2.05) is 68.4 Å². The maximum absolute atomic E-state index is 11.1. The van der Waals surface area contributed by atoms with E-state index in [2.05, 4.69) is 25.9 Å². The lowest BCUT2D eigenvalue weighted by Gasteiger charge is -2.11. The number of benzene rings is 2. The average molecular weight is 377 g/mol. The Balaban J connectivity index is 1.64. The van der Waals surface area contributed by atoms with Crippen LogP contribution in [0.1, 0.15) is 20.8 Å². The summed E-state index contributed by atoms with van der Waals surface area (Å²) in [7, 11) is 0. The van der Waals surface area contributed by atoms with E-state index in [9.17, 15) is 4.79 Å². The number of amides is 1. The van der Waals surface area contributed by atoms with Gasteiger partial charge in [0.2, 0.25) is 5.91 Å². The summed E-state index contributed by atoms with van der Waals surface area (Å²) < 4.78 is 5.65. The second kappa shape index (κ2) is 8.85. The molecule has 0 aliphatic heterocycles. The molecule has 3 rings (SSSR count). The Bertz CT molecular complexity index is 924. The minimum absolute atomic E-state index is 0.101. The smallest absolute Gasteiger partial charge is 0.221 e. The van der Waals surface area contributed by atoms with E-state index in [1.54, 1.807) is 0 Å². The normalized spacial score (nSPS) is 10.4. The van der Waals surface area contributed by atoms with E-state index >= 15 is 0 Å². The summed E-state index contributed by atoms with van der Waals surface area (Å²) in [6.45, 7) is 5.47. The summed E-state index contributed by atoms with van der Waals surface area (Å²) in [6.07, 6.45) is 1.63. The van der Waals surface area contributed by atoms with Gasteiger partial charge in [0.05, 0.1) is 6.10 Å². The first-order chi connectivity index (χ1) is 13.5. The fourth-order valence-corrected chi connectivity index (χ4v) is 2.52. The van der Waals surface area contributed by atoms with E-state index in [1.165, 1.54) is 13.3 Å². The Kier molecular flexibility index (Phi) is 6.06. The zero-order valence-corrected chi connectivity index (χ0v) is 16.1. The summed E-state index contributed by atoms with van der Waals surface area (Å²) >= 11 is 0.